The number of aromatic nitrogens is 2. The van der Waals surface area contributed by atoms with E-state index in [-0.39, 0.29) is 27.7 Å². The number of rotatable bonds is 7. The van der Waals surface area contributed by atoms with Crippen LogP contribution in [0.15, 0.2) is 69.1 Å². The van der Waals surface area contributed by atoms with Crippen molar-refractivity contribution < 1.29 is 22.4 Å². The smallest absolute Gasteiger partial charge is 0.277 e. The highest BCUT2D eigenvalue weighted by Gasteiger charge is 2.27. The predicted octanol–water partition coefficient (Wildman–Crippen LogP) is 2.51. The molecule has 1 aliphatic rings. The van der Waals surface area contributed by atoms with E-state index in [4.69, 9.17) is 9.15 Å². The van der Waals surface area contributed by atoms with Gasteiger partial charge in [0.15, 0.2) is 0 Å². The Morgan fingerprint density at radius 3 is 2.59 bits per heavy atom. The molecule has 9 nitrogen and oxygen atoms in total. The van der Waals surface area contributed by atoms with Crippen LogP contribution in [0.4, 0.5) is 5.69 Å². The van der Waals surface area contributed by atoms with Gasteiger partial charge in [-0.25, -0.2) is 8.42 Å². The first-order valence-electron chi connectivity index (χ1n) is 9.91. The Bertz CT molecular complexity index is 1180. The summed E-state index contributed by atoms with van der Waals surface area (Å²) in [6, 6.07) is 15.7. The lowest BCUT2D eigenvalue weighted by molar-refractivity contribution is -0.115. The Hall–Kier alpha value is -2.73. The Morgan fingerprint density at radius 2 is 1.84 bits per heavy atom. The van der Waals surface area contributed by atoms with Crippen molar-refractivity contribution in [2.45, 2.75) is 10.1 Å². The molecule has 0 radical (unpaired) electrons. The van der Waals surface area contributed by atoms with Crippen molar-refractivity contribution in [1.82, 2.24) is 14.5 Å². The second kappa shape index (κ2) is 9.82. The van der Waals surface area contributed by atoms with Crippen LogP contribution in [0, 0.1) is 0 Å². The lowest BCUT2D eigenvalue weighted by Crippen LogP contribution is -2.40. The third-order valence-corrected chi connectivity index (χ3v) is 7.63. The zero-order chi connectivity index (χ0) is 22.6. The van der Waals surface area contributed by atoms with E-state index in [1.165, 1.54) is 10.4 Å². The van der Waals surface area contributed by atoms with Crippen LogP contribution in [-0.2, 0) is 19.6 Å². The van der Waals surface area contributed by atoms with Crippen LogP contribution in [0.1, 0.15) is 0 Å². The van der Waals surface area contributed by atoms with Gasteiger partial charge in [-0.1, -0.05) is 36.0 Å². The zero-order valence-electron chi connectivity index (χ0n) is 17.4. The fraction of sp³-hybridized carbons (Fsp3) is 0.286. The second-order valence-corrected chi connectivity index (χ2v) is 9.86. The van der Waals surface area contributed by atoms with Gasteiger partial charge in [-0.15, -0.1) is 10.2 Å². The molecule has 168 valence electrons. The first-order valence-corrected chi connectivity index (χ1v) is 12.3. The summed E-state index contributed by atoms with van der Waals surface area (Å²) in [5, 5.41) is 8.22. The van der Waals surface area contributed by atoms with E-state index in [1.54, 1.807) is 30.1 Å². The molecule has 0 unspecified atom stereocenters. The summed E-state index contributed by atoms with van der Waals surface area (Å²) in [6.45, 7) is 1.39. The van der Waals surface area contributed by atoms with Gasteiger partial charge in [-0.2, -0.15) is 4.31 Å². The van der Waals surface area contributed by atoms with E-state index in [9.17, 15) is 13.2 Å². The number of morpholine rings is 1. The van der Waals surface area contributed by atoms with Crippen molar-refractivity contribution in [3.63, 3.8) is 0 Å². The van der Waals surface area contributed by atoms with Crippen molar-refractivity contribution in [1.29, 1.82) is 0 Å². The number of sulfonamides is 1. The maximum atomic E-state index is 12.9. The van der Waals surface area contributed by atoms with Crippen molar-refractivity contribution in [2.24, 2.45) is 0 Å². The number of amides is 1. The topological polar surface area (TPSA) is 106 Å². The number of hydrogen-bond acceptors (Lipinski definition) is 8. The summed E-state index contributed by atoms with van der Waals surface area (Å²) in [6.07, 6.45) is 0. The Balaban J connectivity index is 1.43. The molecule has 11 heteroatoms. The first kappa shape index (κ1) is 22.5. The number of carbonyl (C=O) groups is 1. The van der Waals surface area contributed by atoms with E-state index in [0.29, 0.717) is 31.9 Å². The van der Waals surface area contributed by atoms with Gasteiger partial charge in [0.25, 0.3) is 5.22 Å². The van der Waals surface area contributed by atoms with Gasteiger partial charge < -0.3 is 14.1 Å². The molecule has 4 rings (SSSR count). The lowest BCUT2D eigenvalue weighted by atomic mass is 10.2. The number of para-hydroxylation sites is 1. The second-order valence-electron chi connectivity index (χ2n) is 6.99. The minimum absolute atomic E-state index is 0.112. The van der Waals surface area contributed by atoms with Crippen LogP contribution in [0.3, 0.4) is 0 Å². The van der Waals surface area contributed by atoms with Crippen LogP contribution in [-0.4, -0.2) is 67.9 Å². The quantitative estimate of drug-likeness (QED) is 0.481. The van der Waals surface area contributed by atoms with E-state index >= 15 is 0 Å². The zero-order valence-corrected chi connectivity index (χ0v) is 19.0. The van der Waals surface area contributed by atoms with E-state index < -0.39 is 10.0 Å². The first-order chi connectivity index (χ1) is 15.4. The highest BCUT2D eigenvalue weighted by molar-refractivity contribution is 7.99. The molecular formula is C21H22N4O5S2. The predicted molar refractivity (Wildman–Crippen MR) is 120 cm³/mol. The van der Waals surface area contributed by atoms with Crippen LogP contribution in [0.25, 0.3) is 11.5 Å². The van der Waals surface area contributed by atoms with Gasteiger partial charge in [0.1, 0.15) is 0 Å². The number of nitrogens with zero attached hydrogens (tertiary/aromatic N) is 4. The maximum Gasteiger partial charge on any atom is 0.277 e. The third-order valence-electron chi connectivity index (χ3n) is 4.93. The molecule has 1 amide bonds. The van der Waals surface area contributed by atoms with Crippen LogP contribution >= 0.6 is 11.8 Å². The summed E-state index contributed by atoms with van der Waals surface area (Å²) >= 11 is 1.13. The maximum absolute atomic E-state index is 12.9. The van der Waals surface area contributed by atoms with Gasteiger partial charge in [-0.05, 0) is 30.3 Å². The molecule has 2 aromatic carbocycles. The summed E-state index contributed by atoms with van der Waals surface area (Å²) in [7, 11) is -1.93. The molecule has 3 aromatic rings. The molecule has 0 bridgehead atoms. The number of thioether (sulfide) groups is 1. The van der Waals surface area contributed by atoms with E-state index in [2.05, 4.69) is 10.2 Å². The number of benzene rings is 2. The average Bonchev–Trinajstić information content (AvgIpc) is 3.32. The minimum Gasteiger partial charge on any atom is -0.411 e. The molecule has 32 heavy (non-hydrogen) atoms. The fourth-order valence-corrected chi connectivity index (χ4v) is 5.26. The van der Waals surface area contributed by atoms with E-state index in [1.807, 2.05) is 30.3 Å². The molecule has 0 saturated carbocycles. The molecule has 0 spiro atoms. The van der Waals surface area contributed by atoms with Crippen LogP contribution in [0.2, 0.25) is 0 Å². The van der Waals surface area contributed by atoms with Crippen LogP contribution < -0.4 is 4.90 Å². The SMILES string of the molecule is CN(C(=O)CSc1nnc(-c2cccc(S(=O)(=O)N3CCOCC3)c2)o1)c1ccccc1. The van der Waals surface area contributed by atoms with Gasteiger partial charge in [-0.3, -0.25) is 4.79 Å². The standard InChI is InChI=1S/C21H22N4O5S2/c1-24(17-7-3-2-4-8-17)19(26)15-31-21-23-22-20(30-21)16-6-5-9-18(14-16)32(27,28)25-10-12-29-13-11-25/h2-9,14H,10-13,15H2,1H3. The largest absolute Gasteiger partial charge is 0.411 e. The van der Waals surface area contributed by atoms with Crippen molar-refractivity contribution in [3.05, 3.63) is 54.6 Å². The number of carbonyl (C=O) groups excluding carboxylic acids is 1. The molecule has 0 N–H and O–H groups in total. The number of anilines is 1. The van der Waals surface area contributed by atoms with Gasteiger partial charge in [0.2, 0.25) is 21.8 Å². The summed E-state index contributed by atoms with van der Waals surface area (Å²) in [5.74, 6) is 0.202. The molecule has 0 atom stereocenters. The average molecular weight is 475 g/mol. The van der Waals surface area contributed by atoms with Crippen molar-refractivity contribution in [2.75, 3.05) is 44.0 Å². The van der Waals surface area contributed by atoms with Gasteiger partial charge in [0, 0.05) is 31.4 Å². The molecule has 1 aliphatic heterocycles. The van der Waals surface area contributed by atoms with Gasteiger partial charge >= 0.3 is 0 Å². The normalized spacial score (nSPS) is 14.9. The minimum atomic E-state index is -3.63. The lowest BCUT2D eigenvalue weighted by Gasteiger charge is -2.26. The Morgan fingerprint density at radius 1 is 1.09 bits per heavy atom. The molecule has 1 saturated heterocycles. The Kier molecular flexibility index (Phi) is 6.89. The molecule has 2 heterocycles. The van der Waals surface area contributed by atoms with Crippen molar-refractivity contribution >= 4 is 33.4 Å². The Labute approximate surface area is 190 Å². The molecule has 1 fully saturated rings. The summed E-state index contributed by atoms with van der Waals surface area (Å²) < 4.78 is 38.1. The van der Waals surface area contributed by atoms with Crippen molar-refractivity contribution in [3.8, 4) is 11.5 Å². The highest BCUT2D eigenvalue weighted by atomic mass is 32.2. The van der Waals surface area contributed by atoms with Gasteiger partial charge in [0.05, 0.1) is 23.9 Å². The molecular weight excluding hydrogens is 452 g/mol. The molecule has 1 aromatic heterocycles. The summed E-state index contributed by atoms with van der Waals surface area (Å²) in [5.41, 5.74) is 1.29. The highest BCUT2D eigenvalue weighted by Crippen LogP contribution is 2.27. The monoisotopic (exact) mass is 474 g/mol. The molecule has 0 aliphatic carbocycles. The third kappa shape index (κ3) is 5.01. The van der Waals surface area contributed by atoms with E-state index in [0.717, 1.165) is 17.4 Å². The summed E-state index contributed by atoms with van der Waals surface area (Å²) in [4.78, 5) is 14.2. The fourth-order valence-electron chi connectivity index (χ4n) is 3.13. The number of hydrogen-bond donors (Lipinski definition) is 0. The van der Waals surface area contributed by atoms with Crippen LogP contribution in [0.5, 0.6) is 0 Å². The number of ether oxygens (including phenoxy) is 1.